The number of aryl methyl sites for hydroxylation is 1. The van der Waals surface area contributed by atoms with E-state index in [-0.39, 0.29) is 12.4 Å². The normalized spacial score (nSPS) is 10.6. The van der Waals surface area contributed by atoms with Crippen molar-refractivity contribution in [3.63, 3.8) is 0 Å². The largest absolute Gasteiger partial charge is 1.00 e. The fourth-order valence-electron chi connectivity index (χ4n) is 3.28. The van der Waals surface area contributed by atoms with Crippen LogP contribution in [0.25, 0.3) is 11.0 Å². The molecule has 0 saturated heterocycles. The summed E-state index contributed by atoms with van der Waals surface area (Å²) in [6.07, 6.45) is 2.24. The summed E-state index contributed by atoms with van der Waals surface area (Å²) in [4.78, 5) is 0. The lowest BCUT2D eigenvalue weighted by molar-refractivity contribution is -0.663. The number of fused-ring (bicyclic) bond motifs is 1. The molecule has 0 N–H and O–H groups in total. The number of imidazole rings is 1. The maximum Gasteiger partial charge on any atom is 0.245 e. The molecule has 25 heavy (non-hydrogen) atoms. The van der Waals surface area contributed by atoms with Gasteiger partial charge in [0.25, 0.3) is 0 Å². The maximum absolute atomic E-state index is 2.34. The second-order valence-corrected chi connectivity index (χ2v) is 6.33. The van der Waals surface area contributed by atoms with Crippen molar-refractivity contribution in [2.24, 2.45) is 0 Å². The molecule has 0 saturated carbocycles. The molecule has 0 amide bonds. The van der Waals surface area contributed by atoms with E-state index in [0.717, 1.165) is 13.1 Å². The van der Waals surface area contributed by atoms with Gasteiger partial charge in [-0.05, 0) is 30.2 Å². The van der Waals surface area contributed by atoms with E-state index in [0.29, 0.717) is 0 Å². The van der Waals surface area contributed by atoms with Gasteiger partial charge in [0.05, 0.1) is 0 Å². The minimum absolute atomic E-state index is 0. The second-order valence-electron chi connectivity index (χ2n) is 6.33. The van der Waals surface area contributed by atoms with E-state index in [2.05, 4.69) is 101 Å². The van der Waals surface area contributed by atoms with Crippen LogP contribution in [0.2, 0.25) is 0 Å². The predicted octanol–water partition coefficient (Wildman–Crippen LogP) is 1.34. The minimum atomic E-state index is 0. The molecule has 0 spiro atoms. The van der Waals surface area contributed by atoms with Gasteiger partial charge >= 0.3 is 0 Å². The van der Waals surface area contributed by atoms with Crippen molar-refractivity contribution in [2.45, 2.75) is 20.0 Å². The Kier molecular flexibility index (Phi) is 5.20. The first-order valence-electron chi connectivity index (χ1n) is 8.36. The summed E-state index contributed by atoms with van der Waals surface area (Å²) in [6, 6.07) is 28.0. The fourth-order valence-corrected chi connectivity index (χ4v) is 3.28. The van der Waals surface area contributed by atoms with Gasteiger partial charge in [0, 0.05) is 0 Å². The molecule has 3 heteroatoms. The average Bonchev–Trinajstić information content (AvgIpc) is 2.94. The predicted molar refractivity (Wildman–Crippen MR) is 98.0 cm³/mol. The lowest BCUT2D eigenvalue weighted by atomic mass is 10.1. The van der Waals surface area contributed by atoms with Crippen molar-refractivity contribution < 1.29 is 17.0 Å². The third kappa shape index (κ3) is 3.75. The Morgan fingerprint density at radius 2 is 1.52 bits per heavy atom. The van der Waals surface area contributed by atoms with Crippen LogP contribution >= 0.6 is 0 Å². The SMILES string of the molecule is Cc1cccc(C[n+]2cn(Cc3ccccc3)c3ccccc32)c1.[Cl-]. The molecule has 0 radical (unpaired) electrons. The Balaban J connectivity index is 0.00000182. The zero-order valence-electron chi connectivity index (χ0n) is 14.3. The smallest absolute Gasteiger partial charge is 0.245 e. The van der Waals surface area contributed by atoms with Crippen molar-refractivity contribution in [3.05, 3.63) is 102 Å². The standard InChI is InChI=1S/C22H21N2.ClH/c1-18-8-7-11-20(14-18)16-24-17-23(15-19-9-3-2-4-10-19)21-12-5-6-13-22(21)24;/h2-14,17H,15-16H2,1H3;1H/q+1;/p-1. The van der Waals surface area contributed by atoms with Crippen LogP contribution in [0, 0.1) is 6.92 Å². The van der Waals surface area contributed by atoms with E-state index in [1.165, 1.54) is 27.7 Å². The van der Waals surface area contributed by atoms with Gasteiger partial charge in [0.15, 0.2) is 11.0 Å². The van der Waals surface area contributed by atoms with Gasteiger partial charge in [-0.25, -0.2) is 9.13 Å². The first kappa shape index (κ1) is 17.2. The molecule has 126 valence electrons. The summed E-state index contributed by atoms with van der Waals surface area (Å²) in [5.41, 5.74) is 6.51. The first-order chi connectivity index (χ1) is 11.8. The van der Waals surface area contributed by atoms with Gasteiger partial charge in [-0.15, -0.1) is 0 Å². The Morgan fingerprint density at radius 1 is 0.800 bits per heavy atom. The molecule has 1 heterocycles. The highest BCUT2D eigenvalue weighted by Gasteiger charge is 2.15. The molecule has 4 rings (SSSR count). The van der Waals surface area contributed by atoms with Crippen LogP contribution in [0.15, 0.2) is 85.2 Å². The van der Waals surface area contributed by atoms with Crippen LogP contribution in [0.5, 0.6) is 0 Å². The summed E-state index contributed by atoms with van der Waals surface area (Å²) in [7, 11) is 0. The van der Waals surface area contributed by atoms with Crippen molar-refractivity contribution in [1.29, 1.82) is 0 Å². The average molecular weight is 349 g/mol. The highest BCUT2D eigenvalue weighted by Crippen LogP contribution is 2.14. The van der Waals surface area contributed by atoms with Crippen LogP contribution in [-0.4, -0.2) is 4.57 Å². The Morgan fingerprint density at radius 3 is 2.32 bits per heavy atom. The van der Waals surface area contributed by atoms with E-state index < -0.39 is 0 Å². The lowest BCUT2D eigenvalue weighted by Gasteiger charge is -2.00. The van der Waals surface area contributed by atoms with E-state index in [9.17, 15) is 0 Å². The van der Waals surface area contributed by atoms with Crippen molar-refractivity contribution in [1.82, 2.24) is 4.57 Å². The number of halogens is 1. The fraction of sp³-hybridized carbons (Fsp3) is 0.136. The van der Waals surface area contributed by atoms with Gasteiger partial charge in [0.2, 0.25) is 6.33 Å². The lowest BCUT2D eigenvalue weighted by Crippen LogP contribution is -3.00. The molecule has 0 bridgehead atoms. The highest BCUT2D eigenvalue weighted by atomic mass is 35.5. The number of nitrogens with zero attached hydrogens (tertiary/aromatic N) is 2. The molecular weight excluding hydrogens is 328 g/mol. The summed E-state index contributed by atoms with van der Waals surface area (Å²) < 4.78 is 4.67. The van der Waals surface area contributed by atoms with Gasteiger partial charge in [-0.2, -0.15) is 0 Å². The van der Waals surface area contributed by atoms with Gasteiger partial charge in [-0.1, -0.05) is 72.3 Å². The topological polar surface area (TPSA) is 8.81 Å². The van der Waals surface area contributed by atoms with Crippen molar-refractivity contribution in [2.75, 3.05) is 0 Å². The quantitative estimate of drug-likeness (QED) is 0.492. The molecule has 4 aromatic rings. The monoisotopic (exact) mass is 348 g/mol. The molecule has 3 aromatic carbocycles. The van der Waals surface area contributed by atoms with Crippen LogP contribution < -0.4 is 17.0 Å². The van der Waals surface area contributed by atoms with E-state index >= 15 is 0 Å². The van der Waals surface area contributed by atoms with E-state index in [1.54, 1.807) is 0 Å². The van der Waals surface area contributed by atoms with E-state index in [1.807, 2.05) is 0 Å². The van der Waals surface area contributed by atoms with Gasteiger partial charge in [-0.3, -0.25) is 0 Å². The Labute approximate surface area is 154 Å². The number of para-hydroxylation sites is 2. The number of hydrogen-bond donors (Lipinski definition) is 0. The molecular formula is C22H21ClN2. The van der Waals surface area contributed by atoms with Crippen LogP contribution in [-0.2, 0) is 13.1 Å². The molecule has 2 nitrogen and oxygen atoms in total. The molecule has 0 aliphatic rings. The summed E-state index contributed by atoms with van der Waals surface area (Å²) in [6.45, 7) is 3.93. The van der Waals surface area contributed by atoms with E-state index in [4.69, 9.17) is 0 Å². The van der Waals surface area contributed by atoms with Gasteiger partial charge < -0.3 is 12.4 Å². The Bertz CT molecular complexity index is 974. The number of benzene rings is 3. The summed E-state index contributed by atoms with van der Waals surface area (Å²) in [5.74, 6) is 0. The number of aromatic nitrogens is 2. The minimum Gasteiger partial charge on any atom is -1.00 e. The number of hydrogen-bond acceptors (Lipinski definition) is 0. The molecule has 0 aliphatic carbocycles. The first-order valence-corrected chi connectivity index (χ1v) is 8.36. The molecule has 0 unspecified atom stereocenters. The zero-order valence-corrected chi connectivity index (χ0v) is 15.0. The van der Waals surface area contributed by atoms with Crippen LogP contribution in [0.1, 0.15) is 16.7 Å². The third-order valence-corrected chi connectivity index (χ3v) is 4.41. The number of rotatable bonds is 4. The van der Waals surface area contributed by atoms with Crippen molar-refractivity contribution in [3.8, 4) is 0 Å². The third-order valence-electron chi connectivity index (χ3n) is 4.41. The highest BCUT2D eigenvalue weighted by molar-refractivity contribution is 5.71. The molecule has 0 aliphatic heterocycles. The van der Waals surface area contributed by atoms with Gasteiger partial charge in [0.1, 0.15) is 13.1 Å². The summed E-state index contributed by atoms with van der Waals surface area (Å²) in [5, 5.41) is 0. The maximum atomic E-state index is 2.34. The zero-order chi connectivity index (χ0) is 16.4. The van der Waals surface area contributed by atoms with Crippen molar-refractivity contribution >= 4 is 11.0 Å². The second kappa shape index (κ2) is 7.54. The Hall–Kier alpha value is -2.58. The molecule has 0 fully saturated rings. The summed E-state index contributed by atoms with van der Waals surface area (Å²) >= 11 is 0. The van der Waals surface area contributed by atoms with Crippen LogP contribution in [0.3, 0.4) is 0 Å². The van der Waals surface area contributed by atoms with Crippen LogP contribution in [0.4, 0.5) is 0 Å². The molecule has 1 aromatic heterocycles. The molecule has 0 atom stereocenters.